The topological polar surface area (TPSA) is 6.25 Å². The van der Waals surface area contributed by atoms with Gasteiger partial charge in [-0.15, -0.1) is 0 Å². The molecule has 2 aromatic rings. The summed E-state index contributed by atoms with van der Waals surface area (Å²) in [5, 5.41) is 0. The molecule has 2 aliphatic heterocycles. The lowest BCUT2D eigenvalue weighted by Gasteiger charge is -2.28. The third kappa shape index (κ3) is 2.98. The van der Waals surface area contributed by atoms with Crippen molar-refractivity contribution in [3.05, 3.63) is 65.7 Å². The highest BCUT2D eigenvalue weighted by molar-refractivity contribution is 6.05. The molecule has 0 unspecified atom stereocenters. The summed E-state index contributed by atoms with van der Waals surface area (Å²) in [5.41, 5.74) is 6.73. The maximum absolute atomic E-state index is 2.51. The van der Waals surface area contributed by atoms with E-state index in [1.54, 1.807) is 0 Å². The Labute approximate surface area is 157 Å². The van der Waals surface area contributed by atoms with Crippen molar-refractivity contribution in [3.63, 3.8) is 0 Å². The summed E-state index contributed by atoms with van der Waals surface area (Å²) in [7, 11) is 2.17. The molecule has 0 atom stereocenters. The molecule has 0 radical (unpaired) electrons. The summed E-state index contributed by atoms with van der Waals surface area (Å²) in [6.45, 7) is 7.03. The highest BCUT2D eigenvalue weighted by atomic mass is 15.1. The summed E-state index contributed by atoms with van der Waals surface area (Å²) < 4.78 is 2.33. The van der Waals surface area contributed by atoms with Crippen LogP contribution in [-0.2, 0) is 5.41 Å². The van der Waals surface area contributed by atoms with E-state index in [1.807, 2.05) is 0 Å². The average molecular weight is 346 g/mol. The number of hydrogen-bond donors (Lipinski definition) is 0. The van der Waals surface area contributed by atoms with Gasteiger partial charge in [0, 0.05) is 36.5 Å². The third-order valence-electron chi connectivity index (χ3n) is 5.99. The first kappa shape index (κ1) is 17.1. The van der Waals surface area contributed by atoms with Crippen LogP contribution < -0.4 is 4.90 Å². The molecular weight excluding hydrogens is 316 g/mol. The Balaban J connectivity index is 1.56. The van der Waals surface area contributed by atoms with Crippen molar-refractivity contribution < 1.29 is 4.58 Å². The fraction of sp³-hybridized carbons (Fsp3) is 0.375. The lowest BCUT2D eigenvalue weighted by Crippen LogP contribution is -2.29. The first-order valence-corrected chi connectivity index (χ1v) is 9.81. The second-order valence-electron chi connectivity index (χ2n) is 8.06. The van der Waals surface area contributed by atoms with Crippen LogP contribution in [-0.4, -0.2) is 30.4 Å². The Morgan fingerprint density at radius 2 is 1.58 bits per heavy atom. The number of benzene rings is 2. The van der Waals surface area contributed by atoms with Gasteiger partial charge in [-0.2, -0.15) is 4.58 Å². The normalized spacial score (nSPS) is 19.3. The molecule has 2 heterocycles. The molecular formula is C24H29N2+. The maximum Gasteiger partial charge on any atom is 0.209 e. The predicted octanol–water partition coefficient (Wildman–Crippen LogP) is 5.40. The maximum atomic E-state index is 2.51. The molecule has 134 valence electrons. The van der Waals surface area contributed by atoms with Gasteiger partial charge in [0.15, 0.2) is 5.71 Å². The van der Waals surface area contributed by atoms with Gasteiger partial charge in [0.2, 0.25) is 5.69 Å². The molecule has 0 bridgehead atoms. The van der Waals surface area contributed by atoms with E-state index >= 15 is 0 Å². The molecule has 26 heavy (non-hydrogen) atoms. The number of nitrogens with zero attached hydrogens (tertiary/aromatic N) is 2. The van der Waals surface area contributed by atoms with Crippen LogP contribution in [0.1, 0.15) is 44.2 Å². The molecule has 0 amide bonds. The zero-order valence-corrected chi connectivity index (χ0v) is 16.2. The number of piperidine rings is 1. The van der Waals surface area contributed by atoms with E-state index in [1.165, 1.54) is 60.6 Å². The molecule has 0 spiro atoms. The molecule has 0 N–H and O–H groups in total. The summed E-state index contributed by atoms with van der Waals surface area (Å²) in [6.07, 6.45) is 8.56. The first-order valence-electron chi connectivity index (χ1n) is 9.81. The summed E-state index contributed by atoms with van der Waals surface area (Å²) in [5.74, 6) is 0. The fourth-order valence-corrected chi connectivity index (χ4v) is 4.43. The fourth-order valence-electron chi connectivity index (χ4n) is 4.43. The van der Waals surface area contributed by atoms with Gasteiger partial charge in [-0.25, -0.2) is 0 Å². The van der Waals surface area contributed by atoms with E-state index in [-0.39, 0.29) is 5.41 Å². The van der Waals surface area contributed by atoms with E-state index in [0.29, 0.717) is 0 Å². The summed E-state index contributed by atoms with van der Waals surface area (Å²) in [4.78, 5) is 2.51. The molecule has 2 aliphatic rings. The number of rotatable bonds is 3. The van der Waals surface area contributed by atoms with E-state index < -0.39 is 0 Å². The second-order valence-corrected chi connectivity index (χ2v) is 8.06. The average Bonchev–Trinajstić information content (AvgIpc) is 2.88. The monoisotopic (exact) mass is 345 g/mol. The molecule has 1 fully saturated rings. The van der Waals surface area contributed by atoms with E-state index in [9.17, 15) is 0 Å². The minimum absolute atomic E-state index is 0.0373. The van der Waals surface area contributed by atoms with Crippen molar-refractivity contribution in [2.45, 2.75) is 38.5 Å². The third-order valence-corrected chi connectivity index (χ3v) is 5.99. The summed E-state index contributed by atoms with van der Waals surface area (Å²) >= 11 is 0. The molecule has 0 aliphatic carbocycles. The zero-order valence-electron chi connectivity index (χ0n) is 16.2. The molecule has 0 aromatic heterocycles. The van der Waals surface area contributed by atoms with Crippen molar-refractivity contribution in [2.75, 3.05) is 25.0 Å². The van der Waals surface area contributed by atoms with Gasteiger partial charge in [0.25, 0.3) is 0 Å². The van der Waals surface area contributed by atoms with Crippen molar-refractivity contribution in [1.82, 2.24) is 0 Å². The Bertz CT molecular complexity index is 850. The quantitative estimate of drug-likeness (QED) is 0.675. The largest absolute Gasteiger partial charge is 0.372 e. The van der Waals surface area contributed by atoms with Crippen LogP contribution in [0.5, 0.6) is 0 Å². The first-order chi connectivity index (χ1) is 12.6. The number of anilines is 1. The van der Waals surface area contributed by atoms with Crippen LogP contribution in [0.4, 0.5) is 11.4 Å². The Morgan fingerprint density at radius 3 is 2.27 bits per heavy atom. The van der Waals surface area contributed by atoms with Crippen molar-refractivity contribution in [1.29, 1.82) is 0 Å². The van der Waals surface area contributed by atoms with Gasteiger partial charge in [0.1, 0.15) is 7.05 Å². The predicted molar refractivity (Wildman–Crippen MR) is 112 cm³/mol. The summed E-state index contributed by atoms with van der Waals surface area (Å²) in [6, 6.07) is 17.8. The van der Waals surface area contributed by atoms with Crippen molar-refractivity contribution >= 4 is 23.2 Å². The van der Waals surface area contributed by atoms with Crippen LogP contribution >= 0.6 is 0 Å². The van der Waals surface area contributed by atoms with Crippen LogP contribution in [0, 0.1) is 0 Å². The van der Waals surface area contributed by atoms with Crippen LogP contribution in [0.15, 0.2) is 54.6 Å². The zero-order chi connectivity index (χ0) is 18.1. The van der Waals surface area contributed by atoms with Gasteiger partial charge in [0.05, 0.1) is 5.41 Å². The van der Waals surface area contributed by atoms with Crippen molar-refractivity contribution in [3.8, 4) is 0 Å². The molecule has 0 saturated carbocycles. The van der Waals surface area contributed by atoms with E-state index in [0.717, 1.165) is 0 Å². The van der Waals surface area contributed by atoms with Gasteiger partial charge in [-0.3, -0.25) is 0 Å². The van der Waals surface area contributed by atoms with Gasteiger partial charge in [-0.05, 0) is 56.9 Å². The SMILES string of the molecule is C[N+]1=C(/C=C/c2ccc(N3CCCCC3)cc2)C(C)(C)c2ccccc21. The molecule has 2 heteroatoms. The lowest BCUT2D eigenvalue weighted by atomic mass is 9.81. The van der Waals surface area contributed by atoms with E-state index in [2.05, 4.69) is 91.1 Å². The second kappa shape index (κ2) is 6.75. The molecule has 4 rings (SSSR count). The van der Waals surface area contributed by atoms with Crippen LogP contribution in [0.2, 0.25) is 0 Å². The van der Waals surface area contributed by atoms with Crippen LogP contribution in [0.3, 0.4) is 0 Å². The minimum atomic E-state index is 0.0373. The van der Waals surface area contributed by atoms with E-state index in [4.69, 9.17) is 0 Å². The van der Waals surface area contributed by atoms with Crippen LogP contribution in [0.25, 0.3) is 6.08 Å². The standard InChI is InChI=1S/C24H29N2/c1-24(2)21-9-5-6-10-22(21)25(3)23(24)16-13-19-11-14-20(15-12-19)26-17-7-4-8-18-26/h5-6,9-16H,4,7-8,17-18H2,1-3H3/q+1. The Hall–Kier alpha value is -2.35. The molecule has 2 nitrogen and oxygen atoms in total. The van der Waals surface area contributed by atoms with Gasteiger partial charge in [-0.1, -0.05) is 30.3 Å². The molecule has 2 aromatic carbocycles. The Kier molecular flexibility index (Phi) is 4.44. The number of allylic oxidation sites excluding steroid dienone is 1. The number of fused-ring (bicyclic) bond motifs is 1. The minimum Gasteiger partial charge on any atom is -0.372 e. The highest BCUT2D eigenvalue weighted by Gasteiger charge is 2.42. The Morgan fingerprint density at radius 1 is 0.885 bits per heavy atom. The molecule has 1 saturated heterocycles. The number of para-hydroxylation sites is 1. The van der Waals surface area contributed by atoms with Gasteiger partial charge < -0.3 is 4.90 Å². The number of hydrogen-bond acceptors (Lipinski definition) is 1. The van der Waals surface area contributed by atoms with Crippen molar-refractivity contribution in [2.24, 2.45) is 0 Å². The smallest absolute Gasteiger partial charge is 0.209 e. The van der Waals surface area contributed by atoms with Gasteiger partial charge >= 0.3 is 0 Å². The highest BCUT2D eigenvalue weighted by Crippen LogP contribution is 2.39. The lowest BCUT2D eigenvalue weighted by molar-refractivity contribution is -0.401.